The van der Waals surface area contributed by atoms with E-state index >= 15 is 0 Å². The molecule has 0 unspecified atom stereocenters. The molecule has 0 bridgehead atoms. The van der Waals surface area contributed by atoms with E-state index in [0.717, 1.165) is 11.1 Å². The minimum absolute atomic E-state index is 0.132. The summed E-state index contributed by atoms with van der Waals surface area (Å²) in [5.41, 5.74) is 3.60. The number of carbonyl (C=O) groups is 2. The molecule has 0 aliphatic rings. The van der Waals surface area contributed by atoms with Crippen molar-refractivity contribution in [3.05, 3.63) is 56.4 Å². The Hall–Kier alpha value is -3.23. The van der Waals surface area contributed by atoms with Gasteiger partial charge < -0.3 is 10.1 Å². The highest BCUT2D eigenvalue weighted by atomic mass is 16.6. The van der Waals surface area contributed by atoms with Crippen LogP contribution in [0.3, 0.4) is 0 Å². The summed E-state index contributed by atoms with van der Waals surface area (Å²) in [6.07, 6.45) is 0. The second-order valence-electron chi connectivity index (χ2n) is 6.73. The van der Waals surface area contributed by atoms with Gasteiger partial charge in [0.15, 0.2) is 6.61 Å². The molecule has 0 saturated heterocycles. The van der Waals surface area contributed by atoms with E-state index in [4.69, 9.17) is 4.74 Å². The van der Waals surface area contributed by atoms with Crippen LogP contribution in [0.5, 0.6) is 0 Å². The standard InChI is InChI=1S/C19H24N4O5/c1-11-6-7-16(8-12(11)2)13(3)20-17(24)10-28-18(25)9-22-15(5)19(23(26)27)14(4)21-22/h6-8,13H,9-10H2,1-5H3,(H,20,24)/t13-/m1/s1. The molecule has 0 radical (unpaired) electrons. The Bertz CT molecular complexity index is 919. The molecule has 2 rings (SSSR count). The zero-order valence-corrected chi connectivity index (χ0v) is 16.6. The maximum Gasteiger partial charge on any atom is 0.328 e. The van der Waals surface area contributed by atoms with Gasteiger partial charge in [-0.1, -0.05) is 18.2 Å². The van der Waals surface area contributed by atoms with Crippen molar-refractivity contribution in [3.63, 3.8) is 0 Å². The molecule has 1 aromatic carbocycles. The van der Waals surface area contributed by atoms with Gasteiger partial charge in [-0.15, -0.1) is 0 Å². The number of carbonyl (C=O) groups excluding carboxylic acids is 2. The number of benzene rings is 1. The average molecular weight is 388 g/mol. The number of ether oxygens (including phenoxy) is 1. The topological polar surface area (TPSA) is 116 Å². The first-order chi connectivity index (χ1) is 13.1. The van der Waals surface area contributed by atoms with Crippen LogP contribution in [0.2, 0.25) is 0 Å². The molecule has 1 heterocycles. The average Bonchev–Trinajstić information content (AvgIpc) is 2.89. The van der Waals surface area contributed by atoms with Gasteiger partial charge in [0.1, 0.15) is 17.9 Å². The molecule has 1 atom stereocenters. The molecule has 0 aliphatic carbocycles. The quantitative estimate of drug-likeness (QED) is 0.442. The molecule has 2 aromatic rings. The first kappa shape index (κ1) is 21.1. The van der Waals surface area contributed by atoms with Crippen LogP contribution in [0.15, 0.2) is 18.2 Å². The minimum atomic E-state index is -0.700. The Morgan fingerprint density at radius 1 is 1.25 bits per heavy atom. The van der Waals surface area contributed by atoms with Crippen LogP contribution in [0, 0.1) is 37.8 Å². The Morgan fingerprint density at radius 2 is 1.93 bits per heavy atom. The summed E-state index contributed by atoms with van der Waals surface area (Å²) >= 11 is 0. The zero-order chi connectivity index (χ0) is 21.0. The Morgan fingerprint density at radius 3 is 2.50 bits per heavy atom. The molecule has 0 aliphatic heterocycles. The maximum atomic E-state index is 12.0. The molecule has 1 aromatic heterocycles. The number of esters is 1. The lowest BCUT2D eigenvalue weighted by molar-refractivity contribution is -0.386. The van der Waals surface area contributed by atoms with Gasteiger partial charge >= 0.3 is 11.7 Å². The van der Waals surface area contributed by atoms with Crippen LogP contribution in [0.1, 0.15) is 41.0 Å². The normalized spacial score (nSPS) is 11.8. The molecule has 0 spiro atoms. The number of nitrogens with one attached hydrogen (secondary N) is 1. The highest BCUT2D eigenvalue weighted by Gasteiger charge is 2.23. The molecule has 1 N–H and O–H groups in total. The molecule has 0 saturated carbocycles. The number of nitro groups is 1. The van der Waals surface area contributed by atoms with E-state index in [-0.39, 0.29) is 29.7 Å². The summed E-state index contributed by atoms with van der Waals surface area (Å²) in [5, 5.41) is 17.7. The number of hydrogen-bond acceptors (Lipinski definition) is 6. The van der Waals surface area contributed by atoms with Crippen LogP contribution in [0.25, 0.3) is 0 Å². The van der Waals surface area contributed by atoms with Crippen LogP contribution < -0.4 is 5.32 Å². The van der Waals surface area contributed by atoms with Crippen molar-refractivity contribution < 1.29 is 19.2 Å². The van der Waals surface area contributed by atoms with Gasteiger partial charge in [0, 0.05) is 0 Å². The highest BCUT2D eigenvalue weighted by molar-refractivity contribution is 5.80. The van der Waals surface area contributed by atoms with Crippen LogP contribution in [0.4, 0.5) is 5.69 Å². The van der Waals surface area contributed by atoms with Gasteiger partial charge in [0.05, 0.1) is 11.0 Å². The number of aromatic nitrogens is 2. The second-order valence-corrected chi connectivity index (χ2v) is 6.73. The summed E-state index contributed by atoms with van der Waals surface area (Å²) in [7, 11) is 0. The first-order valence-electron chi connectivity index (χ1n) is 8.80. The third-order valence-corrected chi connectivity index (χ3v) is 4.58. The van der Waals surface area contributed by atoms with E-state index in [1.165, 1.54) is 24.1 Å². The molecule has 0 fully saturated rings. The summed E-state index contributed by atoms with van der Waals surface area (Å²) in [4.78, 5) is 34.5. The van der Waals surface area contributed by atoms with E-state index in [1.54, 1.807) is 0 Å². The van der Waals surface area contributed by atoms with Crippen molar-refractivity contribution in [2.75, 3.05) is 6.61 Å². The Balaban J connectivity index is 1.88. The number of aryl methyl sites for hydroxylation is 3. The molecular weight excluding hydrogens is 364 g/mol. The van der Waals surface area contributed by atoms with E-state index in [2.05, 4.69) is 10.4 Å². The fourth-order valence-corrected chi connectivity index (χ4v) is 2.82. The number of amides is 1. The van der Waals surface area contributed by atoms with E-state index < -0.39 is 23.4 Å². The largest absolute Gasteiger partial charge is 0.454 e. The fourth-order valence-electron chi connectivity index (χ4n) is 2.82. The second kappa shape index (κ2) is 8.64. The zero-order valence-electron chi connectivity index (χ0n) is 16.6. The number of rotatable bonds is 7. The lowest BCUT2D eigenvalue weighted by atomic mass is 10.0. The van der Waals surface area contributed by atoms with Crippen molar-refractivity contribution in [3.8, 4) is 0 Å². The predicted molar refractivity (Wildman–Crippen MR) is 102 cm³/mol. The summed E-state index contributed by atoms with van der Waals surface area (Å²) in [6, 6.07) is 5.70. The molecule has 1 amide bonds. The van der Waals surface area contributed by atoms with E-state index in [9.17, 15) is 19.7 Å². The van der Waals surface area contributed by atoms with Crippen LogP contribution >= 0.6 is 0 Å². The first-order valence-corrected chi connectivity index (χ1v) is 8.80. The highest BCUT2D eigenvalue weighted by Crippen LogP contribution is 2.21. The molecule has 9 nitrogen and oxygen atoms in total. The van der Waals surface area contributed by atoms with Crippen molar-refractivity contribution in [2.24, 2.45) is 0 Å². The van der Waals surface area contributed by atoms with Gasteiger partial charge in [-0.05, 0) is 51.3 Å². The van der Waals surface area contributed by atoms with Crippen LogP contribution in [-0.4, -0.2) is 33.2 Å². The summed E-state index contributed by atoms with van der Waals surface area (Å²) in [6.45, 7) is 8.12. The Kier molecular flexibility index (Phi) is 6.50. The summed E-state index contributed by atoms with van der Waals surface area (Å²) in [5.74, 6) is -1.13. The SMILES string of the molecule is Cc1ccc([C@@H](C)NC(=O)COC(=O)Cn2nc(C)c([N+](=O)[O-])c2C)cc1C. The monoisotopic (exact) mass is 388 g/mol. The number of nitrogens with zero attached hydrogens (tertiary/aromatic N) is 3. The molecular formula is C19H24N4O5. The lowest BCUT2D eigenvalue weighted by Crippen LogP contribution is -2.31. The van der Waals surface area contributed by atoms with E-state index in [1.807, 2.05) is 39.0 Å². The van der Waals surface area contributed by atoms with E-state index in [0.29, 0.717) is 0 Å². The Labute approximate surface area is 162 Å². The predicted octanol–water partition coefficient (Wildman–Crippen LogP) is 2.45. The van der Waals surface area contributed by atoms with Crippen molar-refractivity contribution >= 4 is 17.6 Å². The molecule has 150 valence electrons. The minimum Gasteiger partial charge on any atom is -0.454 e. The molecule has 9 heteroatoms. The smallest absolute Gasteiger partial charge is 0.328 e. The van der Waals surface area contributed by atoms with Gasteiger partial charge in [-0.3, -0.25) is 24.4 Å². The third kappa shape index (κ3) is 4.93. The summed E-state index contributed by atoms with van der Waals surface area (Å²) < 4.78 is 6.17. The fraction of sp³-hybridized carbons (Fsp3) is 0.421. The maximum absolute atomic E-state index is 12.0. The van der Waals surface area contributed by atoms with Crippen molar-refractivity contribution in [1.29, 1.82) is 0 Å². The van der Waals surface area contributed by atoms with Crippen molar-refractivity contribution in [2.45, 2.75) is 47.2 Å². The number of hydrogen-bond donors (Lipinski definition) is 1. The third-order valence-electron chi connectivity index (χ3n) is 4.58. The van der Waals surface area contributed by atoms with Gasteiger partial charge in [-0.25, -0.2) is 0 Å². The van der Waals surface area contributed by atoms with Gasteiger partial charge in [0.2, 0.25) is 0 Å². The van der Waals surface area contributed by atoms with Gasteiger partial charge in [-0.2, -0.15) is 5.10 Å². The van der Waals surface area contributed by atoms with Crippen molar-refractivity contribution in [1.82, 2.24) is 15.1 Å². The van der Waals surface area contributed by atoms with Gasteiger partial charge in [0.25, 0.3) is 5.91 Å². The lowest BCUT2D eigenvalue weighted by Gasteiger charge is -2.16. The van der Waals surface area contributed by atoms with Crippen LogP contribution in [-0.2, 0) is 20.9 Å². The molecule has 28 heavy (non-hydrogen) atoms.